The number of anilines is 1. The van der Waals surface area contributed by atoms with Gasteiger partial charge in [0.1, 0.15) is 11.8 Å². The number of benzene rings is 2. The molecule has 6 heteroatoms. The standard InChI is InChI=1S/C26H24N4OS/c1-18-9-7-10-19(17-18)29-16-8-13-22(29)25-24(20-11-5-6-15-27-20)28-26(32)30(25)21-12-3-4-14-23(21)31-2/h3-17,24-25H,1-2H3,(H,28,32)/t24-,25-/m0/s1. The lowest BCUT2D eigenvalue weighted by atomic mass is 10.0. The minimum atomic E-state index is -0.121. The Balaban J connectivity index is 1.70. The largest absolute Gasteiger partial charge is 0.495 e. The molecule has 160 valence electrons. The molecule has 0 aliphatic carbocycles. The molecule has 0 spiro atoms. The number of hydrogen-bond acceptors (Lipinski definition) is 3. The molecule has 0 unspecified atom stereocenters. The van der Waals surface area contributed by atoms with Gasteiger partial charge in [0, 0.05) is 23.8 Å². The van der Waals surface area contributed by atoms with Crippen molar-refractivity contribution in [3.8, 4) is 11.4 Å². The van der Waals surface area contributed by atoms with Crippen molar-refractivity contribution in [1.29, 1.82) is 0 Å². The van der Waals surface area contributed by atoms with Crippen molar-refractivity contribution >= 4 is 23.0 Å². The van der Waals surface area contributed by atoms with Crippen LogP contribution in [0.1, 0.15) is 29.0 Å². The molecule has 1 saturated heterocycles. The summed E-state index contributed by atoms with van der Waals surface area (Å²) in [6, 6.07) is 26.5. The van der Waals surface area contributed by atoms with E-state index in [1.807, 2.05) is 48.7 Å². The number of nitrogens with zero attached hydrogens (tertiary/aromatic N) is 3. The number of methoxy groups -OCH3 is 1. The molecule has 1 aliphatic heterocycles. The smallest absolute Gasteiger partial charge is 0.174 e. The highest BCUT2D eigenvalue weighted by molar-refractivity contribution is 7.80. The van der Waals surface area contributed by atoms with E-state index in [-0.39, 0.29) is 12.1 Å². The molecule has 32 heavy (non-hydrogen) atoms. The van der Waals surface area contributed by atoms with E-state index in [4.69, 9.17) is 17.0 Å². The fraction of sp³-hybridized carbons (Fsp3) is 0.154. The summed E-state index contributed by atoms with van der Waals surface area (Å²) in [5.74, 6) is 0.775. The van der Waals surface area contributed by atoms with Crippen LogP contribution in [0.25, 0.3) is 5.69 Å². The van der Waals surface area contributed by atoms with E-state index in [9.17, 15) is 0 Å². The molecule has 0 amide bonds. The second-order valence-electron chi connectivity index (χ2n) is 7.81. The summed E-state index contributed by atoms with van der Waals surface area (Å²) in [5, 5.41) is 4.17. The summed E-state index contributed by atoms with van der Waals surface area (Å²) in [6.45, 7) is 2.11. The predicted octanol–water partition coefficient (Wildman–Crippen LogP) is 5.37. The number of hydrogen-bond donors (Lipinski definition) is 1. The summed E-state index contributed by atoms with van der Waals surface area (Å²) < 4.78 is 7.92. The first-order valence-electron chi connectivity index (χ1n) is 10.6. The lowest BCUT2D eigenvalue weighted by Crippen LogP contribution is -2.30. The average Bonchev–Trinajstić information content (AvgIpc) is 3.44. The first-order chi connectivity index (χ1) is 15.7. The number of rotatable bonds is 5. The van der Waals surface area contributed by atoms with Gasteiger partial charge < -0.3 is 19.5 Å². The Bertz CT molecular complexity index is 1250. The lowest BCUT2D eigenvalue weighted by molar-refractivity contribution is 0.414. The van der Waals surface area contributed by atoms with Crippen LogP contribution in [-0.4, -0.2) is 21.8 Å². The second-order valence-corrected chi connectivity index (χ2v) is 8.20. The van der Waals surface area contributed by atoms with Crippen LogP contribution in [0.15, 0.2) is 91.3 Å². The fourth-order valence-electron chi connectivity index (χ4n) is 4.39. The number of ether oxygens (including phenoxy) is 1. The molecule has 2 atom stereocenters. The molecule has 5 nitrogen and oxygen atoms in total. The highest BCUT2D eigenvalue weighted by Crippen LogP contribution is 2.44. The van der Waals surface area contributed by atoms with Crippen molar-refractivity contribution < 1.29 is 4.74 Å². The lowest BCUT2D eigenvalue weighted by Gasteiger charge is -2.30. The van der Waals surface area contributed by atoms with E-state index in [1.165, 1.54) is 5.56 Å². The Morgan fingerprint density at radius 3 is 2.59 bits per heavy atom. The van der Waals surface area contributed by atoms with Gasteiger partial charge in [0.2, 0.25) is 0 Å². The summed E-state index contributed by atoms with van der Waals surface area (Å²) in [6.07, 6.45) is 3.92. The molecular weight excluding hydrogens is 416 g/mol. The maximum Gasteiger partial charge on any atom is 0.174 e. The van der Waals surface area contributed by atoms with Gasteiger partial charge in [-0.15, -0.1) is 0 Å². The number of thiocarbonyl (C=S) groups is 1. The van der Waals surface area contributed by atoms with Crippen LogP contribution in [0, 0.1) is 6.92 Å². The summed E-state index contributed by atoms with van der Waals surface area (Å²) in [5.41, 5.74) is 5.30. The van der Waals surface area contributed by atoms with Crippen molar-refractivity contribution in [2.75, 3.05) is 12.0 Å². The Hall–Kier alpha value is -3.64. The molecule has 4 aromatic rings. The number of pyridine rings is 1. The van der Waals surface area contributed by atoms with Gasteiger partial charge in [-0.1, -0.05) is 30.3 Å². The van der Waals surface area contributed by atoms with Gasteiger partial charge in [-0.25, -0.2) is 0 Å². The van der Waals surface area contributed by atoms with Gasteiger partial charge >= 0.3 is 0 Å². The minimum Gasteiger partial charge on any atom is -0.495 e. The van der Waals surface area contributed by atoms with E-state index in [2.05, 4.69) is 69.3 Å². The quantitative estimate of drug-likeness (QED) is 0.423. The third-order valence-electron chi connectivity index (χ3n) is 5.81. The topological polar surface area (TPSA) is 42.3 Å². The zero-order chi connectivity index (χ0) is 22.1. The second kappa shape index (κ2) is 8.48. The number of aromatic nitrogens is 2. The molecular formula is C26H24N4OS. The van der Waals surface area contributed by atoms with E-state index in [0.29, 0.717) is 5.11 Å². The number of para-hydroxylation sites is 2. The average molecular weight is 441 g/mol. The van der Waals surface area contributed by atoms with Crippen LogP contribution in [0.3, 0.4) is 0 Å². The summed E-state index contributed by atoms with van der Waals surface area (Å²) in [7, 11) is 1.69. The van der Waals surface area contributed by atoms with Crippen molar-refractivity contribution in [1.82, 2.24) is 14.9 Å². The van der Waals surface area contributed by atoms with Gasteiger partial charge in [0.25, 0.3) is 0 Å². The first kappa shape index (κ1) is 20.3. The normalized spacial score (nSPS) is 17.9. The number of aryl methyl sites for hydroxylation is 1. The van der Waals surface area contributed by atoms with Crippen LogP contribution in [0.4, 0.5) is 5.69 Å². The van der Waals surface area contributed by atoms with Crippen LogP contribution < -0.4 is 15.0 Å². The number of nitrogens with one attached hydrogen (secondary N) is 1. The van der Waals surface area contributed by atoms with Crippen LogP contribution in [0.5, 0.6) is 5.75 Å². The summed E-state index contributed by atoms with van der Waals surface area (Å²) >= 11 is 5.86. The molecule has 1 fully saturated rings. The van der Waals surface area contributed by atoms with Crippen molar-refractivity contribution in [3.05, 3.63) is 108 Å². The zero-order valence-electron chi connectivity index (χ0n) is 18.0. The monoisotopic (exact) mass is 440 g/mol. The van der Waals surface area contributed by atoms with Gasteiger partial charge in [0.15, 0.2) is 5.11 Å². The molecule has 3 heterocycles. The highest BCUT2D eigenvalue weighted by atomic mass is 32.1. The van der Waals surface area contributed by atoms with E-state index in [1.54, 1.807) is 7.11 Å². The molecule has 1 N–H and O–H groups in total. The van der Waals surface area contributed by atoms with E-state index in [0.717, 1.165) is 28.5 Å². The Morgan fingerprint density at radius 1 is 0.969 bits per heavy atom. The highest BCUT2D eigenvalue weighted by Gasteiger charge is 2.43. The van der Waals surface area contributed by atoms with Gasteiger partial charge in [-0.2, -0.15) is 0 Å². The van der Waals surface area contributed by atoms with E-state index < -0.39 is 0 Å². The Labute approximate surface area is 193 Å². The molecule has 5 rings (SSSR count). The van der Waals surface area contributed by atoms with Gasteiger partial charge in [-0.3, -0.25) is 4.98 Å². The van der Waals surface area contributed by atoms with Gasteiger partial charge in [-0.05, 0) is 73.2 Å². The van der Waals surface area contributed by atoms with Gasteiger partial charge in [0.05, 0.1) is 24.5 Å². The molecule has 0 saturated carbocycles. The molecule has 2 aromatic heterocycles. The van der Waals surface area contributed by atoms with E-state index >= 15 is 0 Å². The van der Waals surface area contributed by atoms with Crippen molar-refractivity contribution in [2.45, 2.75) is 19.0 Å². The zero-order valence-corrected chi connectivity index (χ0v) is 18.8. The molecule has 2 aromatic carbocycles. The third-order valence-corrected chi connectivity index (χ3v) is 6.12. The van der Waals surface area contributed by atoms with Crippen molar-refractivity contribution in [2.24, 2.45) is 0 Å². The SMILES string of the molecule is COc1ccccc1N1C(=S)N[C@@H](c2ccccn2)[C@@H]1c1cccn1-c1cccc(C)c1. The van der Waals surface area contributed by atoms with Crippen molar-refractivity contribution in [3.63, 3.8) is 0 Å². The third kappa shape index (κ3) is 3.52. The molecule has 0 radical (unpaired) electrons. The maximum atomic E-state index is 5.86. The first-order valence-corrected chi connectivity index (χ1v) is 11.0. The fourth-order valence-corrected chi connectivity index (χ4v) is 4.73. The summed E-state index contributed by atoms with van der Waals surface area (Å²) in [4.78, 5) is 6.80. The predicted molar refractivity (Wildman–Crippen MR) is 131 cm³/mol. The van der Waals surface area contributed by atoms with Crippen LogP contribution in [-0.2, 0) is 0 Å². The Morgan fingerprint density at radius 2 is 1.81 bits per heavy atom. The van der Waals surface area contributed by atoms with Crippen LogP contribution in [0.2, 0.25) is 0 Å². The maximum absolute atomic E-state index is 5.86. The minimum absolute atomic E-state index is 0.118. The molecule has 1 aliphatic rings. The van der Waals surface area contributed by atoms with Crippen LogP contribution >= 0.6 is 12.2 Å². The Kier molecular flexibility index (Phi) is 5.37. The molecule has 0 bridgehead atoms.